The van der Waals surface area contributed by atoms with Crippen molar-refractivity contribution in [3.05, 3.63) is 76.2 Å². The number of H-pyrrole nitrogens is 1. The zero-order chi connectivity index (χ0) is 26.1. The molecule has 1 fully saturated rings. The number of nitrogens with zero attached hydrogens (tertiary/aromatic N) is 3. The molecule has 1 amide bonds. The van der Waals surface area contributed by atoms with E-state index in [9.17, 15) is 4.79 Å². The standard InChI is InChI=1S/C27H28Cl2N6O2/c1-15-13-35(14-16(2)31-15)19-6-4-18(5-7-19)32-27(36)26-21-10-20(8-9-24(21)33-34-26)37-17(3)25-22(28)11-30-12-23(25)29/h4-12,15-17,31H,13-14H2,1-3H3,(H,32,36)(H,33,34)/t15-,16?,17?/m0/s1. The van der Waals surface area contributed by atoms with E-state index < -0.39 is 6.10 Å². The fourth-order valence-electron chi connectivity index (χ4n) is 4.80. The Kier molecular flexibility index (Phi) is 7.24. The second-order valence-corrected chi connectivity index (χ2v) is 10.2. The van der Waals surface area contributed by atoms with Gasteiger partial charge in [-0.2, -0.15) is 5.10 Å². The number of pyridine rings is 1. The van der Waals surface area contributed by atoms with Gasteiger partial charge in [-0.3, -0.25) is 14.9 Å². The van der Waals surface area contributed by atoms with Crippen molar-refractivity contribution in [1.82, 2.24) is 20.5 Å². The monoisotopic (exact) mass is 538 g/mol. The van der Waals surface area contributed by atoms with Gasteiger partial charge in [-0.15, -0.1) is 0 Å². The van der Waals surface area contributed by atoms with Gasteiger partial charge in [0, 0.05) is 59.9 Å². The molecule has 1 aliphatic rings. The number of fused-ring (bicyclic) bond motifs is 1. The number of anilines is 2. The summed E-state index contributed by atoms with van der Waals surface area (Å²) in [6, 6.07) is 14.1. The quantitative estimate of drug-likeness (QED) is 0.285. The summed E-state index contributed by atoms with van der Waals surface area (Å²) in [6.45, 7) is 8.11. The lowest BCUT2D eigenvalue weighted by Crippen LogP contribution is -2.54. The maximum atomic E-state index is 13.1. The van der Waals surface area contributed by atoms with Crippen LogP contribution in [0.2, 0.25) is 10.0 Å². The summed E-state index contributed by atoms with van der Waals surface area (Å²) in [5.41, 5.74) is 3.49. The van der Waals surface area contributed by atoms with Gasteiger partial charge in [-0.1, -0.05) is 23.2 Å². The molecule has 0 bridgehead atoms. The van der Waals surface area contributed by atoms with Gasteiger partial charge in [0.2, 0.25) is 0 Å². The minimum atomic E-state index is -0.426. The van der Waals surface area contributed by atoms with Crippen LogP contribution >= 0.6 is 23.2 Å². The summed E-state index contributed by atoms with van der Waals surface area (Å²) in [5, 5.41) is 15.2. The molecule has 2 unspecified atom stereocenters. The number of nitrogens with one attached hydrogen (secondary N) is 3. The number of piperazine rings is 1. The molecule has 10 heteroatoms. The normalized spacial score (nSPS) is 18.6. The van der Waals surface area contributed by atoms with Crippen LogP contribution in [0.4, 0.5) is 11.4 Å². The molecule has 3 heterocycles. The minimum Gasteiger partial charge on any atom is -0.486 e. The van der Waals surface area contributed by atoms with Crippen LogP contribution in [0.1, 0.15) is 42.9 Å². The van der Waals surface area contributed by atoms with E-state index in [2.05, 4.69) is 44.6 Å². The van der Waals surface area contributed by atoms with Crippen molar-refractivity contribution in [2.45, 2.75) is 39.0 Å². The highest BCUT2D eigenvalue weighted by molar-refractivity contribution is 6.35. The number of amides is 1. The lowest BCUT2D eigenvalue weighted by atomic mass is 10.1. The molecule has 5 rings (SSSR count). The third-order valence-corrected chi connectivity index (χ3v) is 7.01. The molecule has 4 aromatic rings. The Morgan fingerprint density at radius 1 is 1.08 bits per heavy atom. The molecule has 0 spiro atoms. The zero-order valence-electron chi connectivity index (χ0n) is 20.8. The first-order valence-corrected chi connectivity index (χ1v) is 12.9. The number of carbonyl (C=O) groups is 1. The Morgan fingerprint density at radius 2 is 1.76 bits per heavy atom. The Bertz CT molecular complexity index is 1390. The van der Waals surface area contributed by atoms with Gasteiger partial charge in [-0.25, -0.2) is 0 Å². The molecule has 3 atom stereocenters. The van der Waals surface area contributed by atoms with Crippen LogP contribution < -0.4 is 20.3 Å². The highest BCUT2D eigenvalue weighted by Gasteiger charge is 2.22. The summed E-state index contributed by atoms with van der Waals surface area (Å²) >= 11 is 12.6. The maximum Gasteiger partial charge on any atom is 0.276 e. The third-order valence-electron chi connectivity index (χ3n) is 6.41. The van der Waals surface area contributed by atoms with Crippen LogP contribution in [0.3, 0.4) is 0 Å². The SMILES string of the molecule is CC1CN(c2ccc(NC(=O)c3n[nH]c4ccc(OC(C)c5c(Cl)cncc5Cl)cc34)cc2)C[C@H](C)N1. The van der Waals surface area contributed by atoms with Crippen LogP contribution in [0.5, 0.6) is 5.75 Å². The molecule has 1 aliphatic heterocycles. The molecule has 2 aromatic carbocycles. The van der Waals surface area contributed by atoms with E-state index in [1.54, 1.807) is 12.1 Å². The molecule has 2 aromatic heterocycles. The second-order valence-electron chi connectivity index (χ2n) is 9.43. The number of rotatable bonds is 6. The van der Waals surface area contributed by atoms with E-state index >= 15 is 0 Å². The number of aromatic nitrogens is 3. The molecular weight excluding hydrogens is 511 g/mol. The topological polar surface area (TPSA) is 95.2 Å². The van der Waals surface area contributed by atoms with Crippen molar-refractivity contribution >= 4 is 51.4 Å². The first-order valence-electron chi connectivity index (χ1n) is 12.1. The Balaban J connectivity index is 1.31. The summed E-state index contributed by atoms with van der Waals surface area (Å²) in [7, 11) is 0. The van der Waals surface area contributed by atoms with Crippen molar-refractivity contribution in [3.8, 4) is 5.75 Å². The second kappa shape index (κ2) is 10.6. The van der Waals surface area contributed by atoms with Crippen molar-refractivity contribution in [2.24, 2.45) is 0 Å². The number of halogens is 2. The van der Waals surface area contributed by atoms with Crippen LogP contribution in [-0.2, 0) is 0 Å². The van der Waals surface area contributed by atoms with E-state index in [1.165, 1.54) is 12.4 Å². The van der Waals surface area contributed by atoms with Crippen LogP contribution in [-0.4, -0.2) is 46.3 Å². The number of carbonyl (C=O) groups excluding carboxylic acids is 1. The number of benzene rings is 2. The van der Waals surface area contributed by atoms with Crippen LogP contribution in [0.25, 0.3) is 10.9 Å². The predicted molar refractivity (Wildman–Crippen MR) is 148 cm³/mol. The molecule has 0 aliphatic carbocycles. The van der Waals surface area contributed by atoms with E-state index in [-0.39, 0.29) is 11.6 Å². The van der Waals surface area contributed by atoms with Gasteiger partial charge in [0.1, 0.15) is 11.9 Å². The first kappa shape index (κ1) is 25.3. The average molecular weight is 539 g/mol. The van der Waals surface area contributed by atoms with Gasteiger partial charge in [0.15, 0.2) is 5.69 Å². The molecule has 8 nitrogen and oxygen atoms in total. The third kappa shape index (κ3) is 5.51. The van der Waals surface area contributed by atoms with Crippen molar-refractivity contribution in [2.75, 3.05) is 23.3 Å². The van der Waals surface area contributed by atoms with Crippen molar-refractivity contribution in [1.29, 1.82) is 0 Å². The van der Waals surface area contributed by atoms with E-state index in [0.717, 1.165) is 24.3 Å². The summed E-state index contributed by atoms with van der Waals surface area (Å²) in [5.74, 6) is 0.247. The Hall–Kier alpha value is -3.33. The van der Waals surface area contributed by atoms with Crippen LogP contribution in [0.15, 0.2) is 54.9 Å². The fourth-order valence-corrected chi connectivity index (χ4v) is 5.47. The van der Waals surface area contributed by atoms with Gasteiger partial charge in [0.05, 0.1) is 15.6 Å². The molecule has 0 radical (unpaired) electrons. The van der Waals surface area contributed by atoms with E-state index in [1.807, 2.05) is 37.3 Å². The minimum absolute atomic E-state index is 0.280. The largest absolute Gasteiger partial charge is 0.486 e. The number of hydrogen-bond acceptors (Lipinski definition) is 6. The van der Waals surface area contributed by atoms with Crippen molar-refractivity contribution in [3.63, 3.8) is 0 Å². The highest BCUT2D eigenvalue weighted by atomic mass is 35.5. The molecular formula is C27H28Cl2N6O2. The van der Waals surface area contributed by atoms with Gasteiger partial charge >= 0.3 is 0 Å². The predicted octanol–water partition coefficient (Wildman–Crippen LogP) is 5.84. The maximum absolute atomic E-state index is 13.1. The lowest BCUT2D eigenvalue weighted by molar-refractivity contribution is 0.102. The van der Waals surface area contributed by atoms with Crippen LogP contribution in [0, 0.1) is 0 Å². The van der Waals surface area contributed by atoms with Gasteiger partial charge < -0.3 is 20.3 Å². The zero-order valence-corrected chi connectivity index (χ0v) is 22.3. The molecule has 192 valence electrons. The lowest BCUT2D eigenvalue weighted by Gasteiger charge is -2.37. The van der Waals surface area contributed by atoms with Crippen molar-refractivity contribution < 1.29 is 9.53 Å². The number of aromatic amines is 1. The molecule has 0 saturated carbocycles. The van der Waals surface area contributed by atoms with Gasteiger partial charge in [0.25, 0.3) is 5.91 Å². The molecule has 1 saturated heterocycles. The highest BCUT2D eigenvalue weighted by Crippen LogP contribution is 2.33. The smallest absolute Gasteiger partial charge is 0.276 e. The summed E-state index contributed by atoms with van der Waals surface area (Å²) in [4.78, 5) is 19.5. The van der Waals surface area contributed by atoms with Gasteiger partial charge in [-0.05, 0) is 63.2 Å². The van der Waals surface area contributed by atoms with E-state index in [0.29, 0.717) is 44.5 Å². The first-order chi connectivity index (χ1) is 17.8. The molecule has 3 N–H and O–H groups in total. The molecule has 37 heavy (non-hydrogen) atoms. The number of hydrogen-bond donors (Lipinski definition) is 3. The summed E-state index contributed by atoms with van der Waals surface area (Å²) < 4.78 is 6.10. The summed E-state index contributed by atoms with van der Waals surface area (Å²) in [6.07, 6.45) is 2.63. The average Bonchev–Trinajstić information content (AvgIpc) is 3.27. The number of ether oxygens (including phenoxy) is 1. The fraction of sp³-hybridized carbons (Fsp3) is 0.296. The van der Waals surface area contributed by atoms with E-state index in [4.69, 9.17) is 27.9 Å². The Labute approximate surface area is 225 Å². The Morgan fingerprint density at radius 3 is 2.43 bits per heavy atom.